The molecule has 3 amide bonds. The molecule has 0 radical (unpaired) electrons. The number of benzene rings is 1. The molecule has 150 valence electrons. The molecule has 6 heteroatoms. The van der Waals surface area contributed by atoms with Gasteiger partial charge in [0.15, 0.2) is 0 Å². The number of hydrogen-bond donors (Lipinski definition) is 1. The van der Waals surface area contributed by atoms with Crippen LogP contribution in [0.25, 0.3) is 0 Å². The van der Waals surface area contributed by atoms with E-state index >= 15 is 0 Å². The Hall–Kier alpha value is -2.21. The Bertz CT molecular complexity index is 794. The van der Waals surface area contributed by atoms with Gasteiger partial charge < -0.3 is 10.2 Å². The van der Waals surface area contributed by atoms with Crippen LogP contribution in [-0.4, -0.2) is 48.3 Å². The van der Waals surface area contributed by atoms with Crippen molar-refractivity contribution >= 4 is 23.4 Å². The maximum Gasteiger partial charge on any atom is 0.249 e. The fourth-order valence-corrected chi connectivity index (χ4v) is 4.47. The SMILES string of the molecule is CC1(C)CC(=O)N(CC(=O)N(C(=O)C2CCCNC2)C2CC2)c2ccccc21. The number of fused-ring (bicyclic) bond motifs is 1. The van der Waals surface area contributed by atoms with Crippen LogP contribution in [0.3, 0.4) is 0 Å². The van der Waals surface area contributed by atoms with Gasteiger partial charge in [-0.1, -0.05) is 32.0 Å². The molecular weight excluding hydrogens is 354 g/mol. The highest BCUT2D eigenvalue weighted by molar-refractivity contribution is 6.05. The molecule has 0 bridgehead atoms. The van der Waals surface area contributed by atoms with Crippen LogP contribution in [0.4, 0.5) is 5.69 Å². The predicted molar refractivity (Wildman–Crippen MR) is 107 cm³/mol. The van der Waals surface area contributed by atoms with Gasteiger partial charge in [-0.3, -0.25) is 19.3 Å². The lowest BCUT2D eigenvalue weighted by atomic mass is 9.77. The number of nitrogens with zero attached hydrogens (tertiary/aromatic N) is 2. The molecule has 1 saturated heterocycles. The maximum atomic E-state index is 13.2. The molecule has 0 spiro atoms. The predicted octanol–water partition coefficient (Wildman–Crippen LogP) is 2.22. The third-order valence-corrected chi connectivity index (χ3v) is 6.18. The molecule has 1 aromatic rings. The average molecular weight is 383 g/mol. The lowest BCUT2D eigenvalue weighted by molar-refractivity contribution is -0.148. The summed E-state index contributed by atoms with van der Waals surface area (Å²) < 4.78 is 0. The Labute approximate surface area is 166 Å². The van der Waals surface area contributed by atoms with Crippen molar-refractivity contribution in [1.29, 1.82) is 0 Å². The summed E-state index contributed by atoms with van der Waals surface area (Å²) >= 11 is 0. The van der Waals surface area contributed by atoms with E-state index in [1.165, 1.54) is 4.90 Å². The summed E-state index contributed by atoms with van der Waals surface area (Å²) in [6.45, 7) is 5.61. The van der Waals surface area contributed by atoms with Crippen molar-refractivity contribution in [3.05, 3.63) is 29.8 Å². The van der Waals surface area contributed by atoms with Crippen LogP contribution in [0.1, 0.15) is 51.5 Å². The van der Waals surface area contributed by atoms with Gasteiger partial charge in [0, 0.05) is 30.1 Å². The smallest absolute Gasteiger partial charge is 0.249 e. The fourth-order valence-electron chi connectivity index (χ4n) is 4.47. The molecule has 2 aliphatic heterocycles. The van der Waals surface area contributed by atoms with Crippen LogP contribution >= 0.6 is 0 Å². The Kier molecular flexibility index (Phi) is 5.00. The number of hydrogen-bond acceptors (Lipinski definition) is 4. The first-order valence-electron chi connectivity index (χ1n) is 10.3. The van der Waals surface area contributed by atoms with Crippen molar-refractivity contribution in [3.63, 3.8) is 0 Å². The molecule has 1 aliphatic carbocycles. The quantitative estimate of drug-likeness (QED) is 0.866. The minimum absolute atomic E-state index is 0.00787. The van der Waals surface area contributed by atoms with E-state index in [0.29, 0.717) is 13.0 Å². The van der Waals surface area contributed by atoms with Gasteiger partial charge in [0.25, 0.3) is 0 Å². The number of imide groups is 1. The number of anilines is 1. The summed E-state index contributed by atoms with van der Waals surface area (Å²) in [5.74, 6) is -0.514. The lowest BCUT2D eigenvalue weighted by Crippen LogP contribution is -2.52. The van der Waals surface area contributed by atoms with Crippen LogP contribution in [0.15, 0.2) is 24.3 Å². The first-order chi connectivity index (χ1) is 13.4. The third-order valence-electron chi connectivity index (χ3n) is 6.18. The number of nitrogens with one attached hydrogen (secondary N) is 1. The Balaban J connectivity index is 1.56. The highest BCUT2D eigenvalue weighted by Gasteiger charge is 2.43. The van der Waals surface area contributed by atoms with Crippen LogP contribution in [-0.2, 0) is 19.8 Å². The van der Waals surface area contributed by atoms with Crippen molar-refractivity contribution < 1.29 is 14.4 Å². The summed E-state index contributed by atoms with van der Waals surface area (Å²) in [5.41, 5.74) is 1.61. The van der Waals surface area contributed by atoms with Crippen molar-refractivity contribution in [3.8, 4) is 0 Å². The van der Waals surface area contributed by atoms with E-state index in [-0.39, 0.29) is 41.6 Å². The van der Waals surface area contributed by atoms with E-state index in [1.54, 1.807) is 4.90 Å². The highest BCUT2D eigenvalue weighted by atomic mass is 16.2. The Morgan fingerprint density at radius 1 is 1.21 bits per heavy atom. The van der Waals surface area contributed by atoms with Gasteiger partial charge in [0.1, 0.15) is 6.54 Å². The maximum absolute atomic E-state index is 13.2. The highest BCUT2D eigenvalue weighted by Crippen LogP contribution is 2.40. The monoisotopic (exact) mass is 383 g/mol. The van der Waals surface area contributed by atoms with Gasteiger partial charge in [-0.15, -0.1) is 0 Å². The second kappa shape index (κ2) is 7.32. The van der Waals surface area contributed by atoms with E-state index in [9.17, 15) is 14.4 Å². The fraction of sp³-hybridized carbons (Fsp3) is 0.591. The minimum atomic E-state index is -0.257. The van der Waals surface area contributed by atoms with Gasteiger partial charge >= 0.3 is 0 Å². The first kappa shape index (κ1) is 19.1. The Morgan fingerprint density at radius 2 is 1.96 bits per heavy atom. The molecule has 4 rings (SSSR count). The summed E-state index contributed by atoms with van der Waals surface area (Å²) in [4.78, 5) is 42.1. The first-order valence-corrected chi connectivity index (χ1v) is 10.3. The number of carbonyl (C=O) groups is 3. The van der Waals surface area contributed by atoms with E-state index in [2.05, 4.69) is 19.2 Å². The molecular formula is C22H29N3O3. The molecule has 1 N–H and O–H groups in total. The molecule has 28 heavy (non-hydrogen) atoms. The van der Waals surface area contributed by atoms with Crippen LogP contribution in [0.2, 0.25) is 0 Å². The molecule has 1 aromatic carbocycles. The number of carbonyl (C=O) groups excluding carboxylic acids is 3. The van der Waals surface area contributed by atoms with E-state index in [1.807, 2.05) is 24.3 Å². The zero-order valence-corrected chi connectivity index (χ0v) is 16.7. The van der Waals surface area contributed by atoms with Crippen LogP contribution < -0.4 is 10.2 Å². The molecule has 6 nitrogen and oxygen atoms in total. The standard InChI is InChI=1S/C22H29N3O3/c1-22(2)12-19(26)24(18-8-4-3-7-17(18)22)14-20(27)25(16-9-10-16)21(28)15-6-5-11-23-13-15/h3-4,7-8,15-16,23H,5-6,9-14H2,1-2H3. The number of rotatable bonds is 4. The lowest BCUT2D eigenvalue weighted by Gasteiger charge is -2.39. The van der Waals surface area contributed by atoms with Crippen molar-refractivity contribution in [2.45, 2.75) is 57.4 Å². The van der Waals surface area contributed by atoms with Crippen LogP contribution in [0, 0.1) is 5.92 Å². The topological polar surface area (TPSA) is 69.7 Å². The van der Waals surface area contributed by atoms with Gasteiger partial charge in [-0.2, -0.15) is 0 Å². The largest absolute Gasteiger partial charge is 0.316 e. The molecule has 2 fully saturated rings. The molecule has 2 heterocycles. The zero-order chi connectivity index (χ0) is 19.9. The van der Waals surface area contributed by atoms with Gasteiger partial charge in [-0.25, -0.2) is 0 Å². The molecule has 1 atom stereocenters. The summed E-state index contributed by atoms with van der Waals surface area (Å²) in [7, 11) is 0. The minimum Gasteiger partial charge on any atom is -0.316 e. The third kappa shape index (κ3) is 3.58. The molecule has 1 saturated carbocycles. The number of amides is 3. The van der Waals surface area contributed by atoms with Crippen LogP contribution in [0.5, 0.6) is 0 Å². The summed E-state index contributed by atoms with van der Waals surface area (Å²) in [6.07, 6.45) is 3.88. The van der Waals surface area contributed by atoms with E-state index < -0.39 is 0 Å². The Morgan fingerprint density at radius 3 is 2.64 bits per heavy atom. The molecule has 1 unspecified atom stereocenters. The van der Waals surface area contributed by atoms with Crippen molar-refractivity contribution in [2.75, 3.05) is 24.5 Å². The normalized spacial score (nSPS) is 23.9. The molecule has 3 aliphatic rings. The van der Waals surface area contributed by atoms with Crippen molar-refractivity contribution in [1.82, 2.24) is 10.2 Å². The summed E-state index contributed by atoms with van der Waals surface area (Å²) in [6, 6.07) is 7.79. The van der Waals surface area contributed by atoms with Gasteiger partial charge in [0.2, 0.25) is 17.7 Å². The average Bonchev–Trinajstić information content (AvgIpc) is 3.50. The van der Waals surface area contributed by atoms with Gasteiger partial charge in [-0.05, 0) is 43.9 Å². The second-order valence-corrected chi connectivity index (χ2v) is 8.93. The molecule has 0 aromatic heterocycles. The van der Waals surface area contributed by atoms with E-state index in [4.69, 9.17) is 0 Å². The summed E-state index contributed by atoms with van der Waals surface area (Å²) in [5, 5.41) is 3.26. The zero-order valence-electron chi connectivity index (χ0n) is 16.7. The van der Waals surface area contributed by atoms with Gasteiger partial charge in [0.05, 0.1) is 5.92 Å². The van der Waals surface area contributed by atoms with E-state index in [0.717, 1.165) is 43.5 Å². The van der Waals surface area contributed by atoms with Crippen molar-refractivity contribution in [2.24, 2.45) is 5.92 Å². The number of para-hydroxylation sites is 1. The second-order valence-electron chi connectivity index (χ2n) is 8.93. The number of piperidine rings is 1.